The van der Waals surface area contributed by atoms with Crippen LogP contribution in [-0.2, 0) is 0 Å². The Bertz CT molecular complexity index is 673. The predicted molar refractivity (Wildman–Crippen MR) is 73.3 cm³/mol. The zero-order valence-corrected chi connectivity index (χ0v) is 11.1. The van der Waals surface area contributed by atoms with Gasteiger partial charge in [-0.2, -0.15) is 0 Å². The Kier molecular flexibility index (Phi) is 2.65. The van der Waals surface area contributed by atoms with Crippen molar-refractivity contribution in [1.29, 1.82) is 0 Å². The molecule has 0 N–H and O–H groups in total. The van der Waals surface area contributed by atoms with Gasteiger partial charge in [-0.1, -0.05) is 39.7 Å². The first-order chi connectivity index (χ1) is 8.22. The van der Waals surface area contributed by atoms with E-state index in [2.05, 4.69) is 20.9 Å². The van der Waals surface area contributed by atoms with Crippen LogP contribution in [-0.4, -0.2) is 9.38 Å². The van der Waals surface area contributed by atoms with E-state index in [4.69, 9.17) is 11.6 Å². The Labute approximate surface area is 112 Å². The zero-order valence-electron chi connectivity index (χ0n) is 8.77. The molecular formula is C13H8BrClN2. The summed E-state index contributed by atoms with van der Waals surface area (Å²) in [6, 6.07) is 11.7. The second kappa shape index (κ2) is 4.17. The molecule has 0 fully saturated rings. The van der Waals surface area contributed by atoms with Crippen LogP contribution in [0.1, 0.15) is 0 Å². The van der Waals surface area contributed by atoms with Crippen LogP contribution in [0.5, 0.6) is 0 Å². The van der Waals surface area contributed by atoms with Crippen molar-refractivity contribution in [1.82, 2.24) is 9.38 Å². The topological polar surface area (TPSA) is 17.3 Å². The summed E-state index contributed by atoms with van der Waals surface area (Å²) in [6.07, 6.45) is 3.98. The molecule has 17 heavy (non-hydrogen) atoms. The molecule has 0 radical (unpaired) electrons. The fraction of sp³-hybridized carbons (Fsp3) is 0. The highest BCUT2D eigenvalue weighted by atomic mass is 79.9. The summed E-state index contributed by atoms with van der Waals surface area (Å²) < 4.78 is 3.02. The van der Waals surface area contributed by atoms with E-state index in [0.717, 1.165) is 26.4 Å². The Morgan fingerprint density at radius 2 is 1.88 bits per heavy atom. The summed E-state index contributed by atoms with van der Waals surface area (Å²) in [6.45, 7) is 0. The van der Waals surface area contributed by atoms with Crippen LogP contribution >= 0.6 is 27.5 Å². The average Bonchev–Trinajstić information content (AvgIpc) is 2.72. The van der Waals surface area contributed by atoms with Crippen molar-refractivity contribution in [3.05, 3.63) is 58.3 Å². The summed E-state index contributed by atoms with van der Waals surface area (Å²) in [7, 11) is 0. The van der Waals surface area contributed by atoms with E-state index in [9.17, 15) is 0 Å². The first-order valence-corrected chi connectivity index (χ1v) is 6.30. The fourth-order valence-corrected chi connectivity index (χ4v) is 2.17. The third-order valence-corrected chi connectivity index (χ3v) is 3.31. The van der Waals surface area contributed by atoms with E-state index >= 15 is 0 Å². The molecule has 0 aliphatic rings. The van der Waals surface area contributed by atoms with Crippen molar-refractivity contribution in [3.8, 4) is 11.3 Å². The minimum absolute atomic E-state index is 0.736. The van der Waals surface area contributed by atoms with Crippen LogP contribution in [0.15, 0.2) is 53.3 Å². The third kappa shape index (κ3) is 2.08. The molecule has 2 heterocycles. The van der Waals surface area contributed by atoms with Gasteiger partial charge in [0, 0.05) is 27.5 Å². The van der Waals surface area contributed by atoms with Gasteiger partial charge in [-0.05, 0) is 24.3 Å². The van der Waals surface area contributed by atoms with E-state index in [1.807, 2.05) is 53.2 Å². The van der Waals surface area contributed by atoms with Gasteiger partial charge < -0.3 is 4.40 Å². The molecule has 3 rings (SSSR count). The maximum atomic E-state index is 5.87. The number of fused-ring (bicyclic) bond motifs is 1. The molecule has 0 aliphatic heterocycles. The maximum absolute atomic E-state index is 5.87. The van der Waals surface area contributed by atoms with E-state index in [-0.39, 0.29) is 0 Å². The second-order valence-electron chi connectivity index (χ2n) is 3.74. The Balaban J connectivity index is 2.14. The van der Waals surface area contributed by atoms with Gasteiger partial charge >= 0.3 is 0 Å². The highest BCUT2D eigenvalue weighted by Gasteiger charge is 2.04. The van der Waals surface area contributed by atoms with Gasteiger partial charge in [0.15, 0.2) is 0 Å². The minimum atomic E-state index is 0.736. The summed E-state index contributed by atoms with van der Waals surface area (Å²) in [5.74, 6) is 0. The number of aromatic nitrogens is 2. The molecule has 0 atom stereocenters. The van der Waals surface area contributed by atoms with Crippen molar-refractivity contribution in [2.75, 3.05) is 0 Å². The van der Waals surface area contributed by atoms with Crippen molar-refractivity contribution >= 4 is 33.2 Å². The number of hydrogen-bond acceptors (Lipinski definition) is 1. The maximum Gasteiger partial charge on any atom is 0.138 e. The lowest BCUT2D eigenvalue weighted by molar-refractivity contribution is 1.18. The van der Waals surface area contributed by atoms with Crippen molar-refractivity contribution in [2.24, 2.45) is 0 Å². The van der Waals surface area contributed by atoms with Crippen LogP contribution in [0, 0.1) is 0 Å². The number of halogens is 2. The first kappa shape index (κ1) is 10.8. The molecule has 0 spiro atoms. The van der Waals surface area contributed by atoms with Gasteiger partial charge in [0.2, 0.25) is 0 Å². The largest absolute Gasteiger partial charge is 0.306 e. The predicted octanol–water partition coefficient (Wildman–Crippen LogP) is 4.42. The fourth-order valence-electron chi connectivity index (χ4n) is 1.72. The molecule has 0 unspecified atom stereocenters. The monoisotopic (exact) mass is 306 g/mol. The molecule has 0 saturated carbocycles. The number of benzene rings is 1. The average molecular weight is 308 g/mol. The third-order valence-electron chi connectivity index (χ3n) is 2.56. The lowest BCUT2D eigenvalue weighted by atomic mass is 10.2. The molecule has 1 aromatic carbocycles. The second-order valence-corrected chi connectivity index (χ2v) is 5.10. The molecule has 84 valence electrons. The van der Waals surface area contributed by atoms with Crippen LogP contribution in [0.3, 0.4) is 0 Å². The van der Waals surface area contributed by atoms with Gasteiger partial charge in [-0.15, -0.1) is 0 Å². The van der Waals surface area contributed by atoms with Gasteiger partial charge in [0.05, 0.1) is 5.69 Å². The van der Waals surface area contributed by atoms with E-state index < -0.39 is 0 Å². The van der Waals surface area contributed by atoms with Crippen molar-refractivity contribution in [3.63, 3.8) is 0 Å². The van der Waals surface area contributed by atoms with Crippen LogP contribution in [0.25, 0.3) is 16.9 Å². The minimum Gasteiger partial charge on any atom is -0.306 e. The normalized spacial score (nSPS) is 10.9. The lowest BCUT2D eigenvalue weighted by Gasteiger charge is -1.94. The van der Waals surface area contributed by atoms with Gasteiger partial charge in [-0.3, -0.25) is 0 Å². The molecule has 4 heteroatoms. The van der Waals surface area contributed by atoms with E-state index in [0.29, 0.717) is 0 Å². The molecular weight excluding hydrogens is 300 g/mol. The number of nitrogens with zero attached hydrogens (tertiary/aromatic N) is 2. The molecule has 2 aromatic heterocycles. The number of imidazole rings is 1. The lowest BCUT2D eigenvalue weighted by Crippen LogP contribution is -1.79. The Hall–Kier alpha value is -1.32. The van der Waals surface area contributed by atoms with Crippen molar-refractivity contribution < 1.29 is 0 Å². The summed E-state index contributed by atoms with van der Waals surface area (Å²) in [5.41, 5.74) is 2.93. The quantitative estimate of drug-likeness (QED) is 0.650. The highest BCUT2D eigenvalue weighted by Crippen LogP contribution is 2.22. The molecule has 0 saturated heterocycles. The summed E-state index contributed by atoms with van der Waals surface area (Å²) in [5, 5.41) is 0.736. The first-order valence-electron chi connectivity index (χ1n) is 5.12. The SMILES string of the molecule is Clc1ccc(-c2cn3ccc(Br)cc3n2)cc1. The van der Waals surface area contributed by atoms with E-state index in [1.165, 1.54) is 0 Å². The van der Waals surface area contributed by atoms with E-state index in [1.54, 1.807) is 0 Å². The van der Waals surface area contributed by atoms with Gasteiger partial charge in [0.25, 0.3) is 0 Å². The van der Waals surface area contributed by atoms with Crippen molar-refractivity contribution in [2.45, 2.75) is 0 Å². The number of pyridine rings is 1. The Morgan fingerprint density at radius 1 is 1.12 bits per heavy atom. The van der Waals surface area contributed by atoms with Crippen LogP contribution in [0.4, 0.5) is 0 Å². The Morgan fingerprint density at radius 3 is 2.65 bits per heavy atom. The molecule has 0 amide bonds. The molecule has 2 nitrogen and oxygen atoms in total. The van der Waals surface area contributed by atoms with Gasteiger partial charge in [-0.25, -0.2) is 4.98 Å². The van der Waals surface area contributed by atoms with Crippen LogP contribution < -0.4 is 0 Å². The summed E-state index contributed by atoms with van der Waals surface area (Å²) in [4.78, 5) is 4.56. The van der Waals surface area contributed by atoms with Gasteiger partial charge in [0.1, 0.15) is 5.65 Å². The van der Waals surface area contributed by atoms with Crippen LogP contribution in [0.2, 0.25) is 5.02 Å². The highest BCUT2D eigenvalue weighted by molar-refractivity contribution is 9.10. The summed E-state index contributed by atoms with van der Waals surface area (Å²) >= 11 is 9.30. The number of rotatable bonds is 1. The molecule has 3 aromatic rings. The molecule has 0 bridgehead atoms. The number of hydrogen-bond donors (Lipinski definition) is 0. The standard InChI is InChI=1S/C13H8BrClN2/c14-10-5-6-17-8-12(16-13(17)7-10)9-1-3-11(15)4-2-9/h1-8H. The smallest absolute Gasteiger partial charge is 0.138 e. The molecule has 0 aliphatic carbocycles. The zero-order chi connectivity index (χ0) is 11.8.